The van der Waals surface area contributed by atoms with E-state index in [0.29, 0.717) is 16.3 Å². The third kappa shape index (κ3) is 3.15. The van der Waals surface area contributed by atoms with Gasteiger partial charge in [0.15, 0.2) is 0 Å². The molecule has 0 amide bonds. The van der Waals surface area contributed by atoms with Gasteiger partial charge >= 0.3 is 12.3 Å². The Bertz CT molecular complexity index is 620. The van der Waals surface area contributed by atoms with Gasteiger partial charge in [0.25, 0.3) is 0 Å². The molecular weight excluding hydrogens is 261 g/mol. The van der Waals surface area contributed by atoms with Gasteiger partial charge in [-0.15, -0.1) is 13.2 Å². The summed E-state index contributed by atoms with van der Waals surface area (Å²) in [5.41, 5.74) is 0.333. The minimum Gasteiger partial charge on any atom is -0.465 e. The number of halogens is 3. The van der Waals surface area contributed by atoms with E-state index in [2.05, 4.69) is 9.47 Å². The molecule has 3 nitrogen and oxygen atoms in total. The highest BCUT2D eigenvalue weighted by molar-refractivity contribution is 5.95. The Morgan fingerprint density at radius 2 is 1.68 bits per heavy atom. The summed E-state index contributed by atoms with van der Waals surface area (Å²) in [7, 11) is 1.26. The Morgan fingerprint density at radius 3 is 2.32 bits per heavy atom. The Kier molecular flexibility index (Phi) is 3.33. The summed E-state index contributed by atoms with van der Waals surface area (Å²) < 4.78 is 44.6. The smallest absolute Gasteiger partial charge is 0.465 e. The lowest BCUT2D eigenvalue weighted by molar-refractivity contribution is -0.274. The highest BCUT2D eigenvalue weighted by Gasteiger charge is 2.31. The number of alkyl halides is 3. The average molecular weight is 270 g/mol. The lowest BCUT2D eigenvalue weighted by Crippen LogP contribution is -2.16. The normalized spacial score (nSPS) is 11.4. The number of carbonyl (C=O) groups is 1. The molecule has 0 bridgehead atoms. The standard InChI is InChI=1S/C13H9F3O3/c1-18-12(17)10-3-2-9-7-11(19-13(14,15)16)5-4-8(9)6-10/h2-7H,1H3. The molecule has 0 aliphatic rings. The van der Waals surface area contributed by atoms with Gasteiger partial charge in [-0.25, -0.2) is 4.79 Å². The molecule has 0 N–H and O–H groups in total. The van der Waals surface area contributed by atoms with E-state index in [1.165, 1.54) is 37.4 Å². The summed E-state index contributed by atoms with van der Waals surface area (Å²) in [5.74, 6) is -0.802. The number of hydrogen-bond donors (Lipinski definition) is 0. The summed E-state index contributed by atoms with van der Waals surface area (Å²) in [6.45, 7) is 0. The fourth-order valence-corrected chi connectivity index (χ4v) is 1.67. The number of hydrogen-bond acceptors (Lipinski definition) is 3. The summed E-state index contributed by atoms with van der Waals surface area (Å²) >= 11 is 0. The van der Waals surface area contributed by atoms with Crippen LogP contribution in [0.3, 0.4) is 0 Å². The van der Waals surface area contributed by atoms with Gasteiger partial charge in [-0.3, -0.25) is 0 Å². The predicted molar refractivity (Wildman–Crippen MR) is 62.0 cm³/mol. The van der Waals surface area contributed by atoms with Crippen molar-refractivity contribution in [2.45, 2.75) is 6.36 Å². The van der Waals surface area contributed by atoms with Gasteiger partial charge in [0.05, 0.1) is 12.7 Å². The van der Waals surface area contributed by atoms with Crippen molar-refractivity contribution in [3.05, 3.63) is 42.0 Å². The first kappa shape index (κ1) is 13.2. The number of esters is 1. The van der Waals surface area contributed by atoms with Gasteiger partial charge in [0, 0.05) is 0 Å². The number of fused-ring (bicyclic) bond motifs is 1. The van der Waals surface area contributed by atoms with Crippen LogP contribution in [0, 0.1) is 0 Å². The summed E-state index contributed by atoms with van der Waals surface area (Å²) in [5, 5.41) is 1.16. The fraction of sp³-hybridized carbons (Fsp3) is 0.154. The van der Waals surface area contributed by atoms with E-state index in [-0.39, 0.29) is 5.75 Å². The highest BCUT2D eigenvalue weighted by atomic mass is 19.4. The third-order valence-electron chi connectivity index (χ3n) is 2.47. The number of carbonyl (C=O) groups excluding carboxylic acids is 1. The molecule has 0 heterocycles. The van der Waals surface area contributed by atoms with Crippen LogP contribution >= 0.6 is 0 Å². The van der Waals surface area contributed by atoms with E-state index in [1.807, 2.05) is 0 Å². The zero-order valence-corrected chi connectivity index (χ0v) is 9.82. The van der Waals surface area contributed by atoms with Gasteiger partial charge in [-0.05, 0) is 35.0 Å². The van der Waals surface area contributed by atoms with Gasteiger partial charge in [-0.1, -0.05) is 12.1 Å². The molecule has 0 aromatic heterocycles. The molecule has 0 saturated heterocycles. The van der Waals surface area contributed by atoms with Crippen LogP contribution in [0.5, 0.6) is 5.75 Å². The van der Waals surface area contributed by atoms with Crippen LogP contribution in [0.4, 0.5) is 13.2 Å². The molecule has 0 saturated carbocycles. The lowest BCUT2D eigenvalue weighted by atomic mass is 10.1. The van der Waals surface area contributed by atoms with Crippen molar-refractivity contribution >= 4 is 16.7 Å². The van der Waals surface area contributed by atoms with Crippen molar-refractivity contribution in [3.63, 3.8) is 0 Å². The topological polar surface area (TPSA) is 35.5 Å². The Balaban J connectivity index is 2.38. The molecule has 0 atom stereocenters. The molecule has 100 valence electrons. The molecule has 0 aliphatic carbocycles. The average Bonchev–Trinajstić information content (AvgIpc) is 2.35. The van der Waals surface area contributed by atoms with Gasteiger partial charge in [0.1, 0.15) is 5.75 Å². The van der Waals surface area contributed by atoms with E-state index in [1.54, 1.807) is 6.07 Å². The minimum atomic E-state index is -4.72. The molecule has 0 spiro atoms. The molecule has 0 unspecified atom stereocenters. The second kappa shape index (κ2) is 4.79. The van der Waals surface area contributed by atoms with Crippen molar-refractivity contribution in [1.82, 2.24) is 0 Å². The van der Waals surface area contributed by atoms with Crippen molar-refractivity contribution in [3.8, 4) is 5.75 Å². The first-order chi connectivity index (χ1) is 8.89. The number of rotatable bonds is 2. The van der Waals surface area contributed by atoms with E-state index in [0.717, 1.165) is 0 Å². The largest absolute Gasteiger partial charge is 0.573 e. The Labute approximate surface area is 106 Å². The van der Waals surface area contributed by atoms with E-state index < -0.39 is 12.3 Å². The van der Waals surface area contributed by atoms with Crippen molar-refractivity contribution in [2.24, 2.45) is 0 Å². The SMILES string of the molecule is COC(=O)c1ccc2cc(OC(F)(F)F)ccc2c1. The van der Waals surface area contributed by atoms with Crippen LogP contribution < -0.4 is 4.74 Å². The van der Waals surface area contributed by atoms with Crippen LogP contribution in [-0.4, -0.2) is 19.4 Å². The zero-order chi connectivity index (χ0) is 14.0. The summed E-state index contributed by atoms with van der Waals surface area (Å²) in [6.07, 6.45) is -4.72. The molecule has 0 radical (unpaired) electrons. The van der Waals surface area contributed by atoms with Crippen LogP contribution in [0.25, 0.3) is 10.8 Å². The second-order valence-electron chi connectivity index (χ2n) is 3.76. The van der Waals surface area contributed by atoms with Crippen LogP contribution in [0.1, 0.15) is 10.4 Å². The summed E-state index contributed by atoms with van der Waals surface area (Å²) in [6, 6.07) is 8.44. The zero-order valence-electron chi connectivity index (χ0n) is 9.82. The molecule has 6 heteroatoms. The lowest BCUT2D eigenvalue weighted by Gasteiger charge is -2.09. The van der Waals surface area contributed by atoms with Crippen LogP contribution in [0.2, 0.25) is 0 Å². The highest BCUT2D eigenvalue weighted by Crippen LogP contribution is 2.27. The quantitative estimate of drug-likeness (QED) is 0.783. The molecular formula is C13H9F3O3. The maximum Gasteiger partial charge on any atom is 0.573 e. The predicted octanol–water partition coefficient (Wildman–Crippen LogP) is 3.53. The first-order valence-electron chi connectivity index (χ1n) is 5.27. The molecule has 0 fully saturated rings. The molecule has 0 aliphatic heterocycles. The fourth-order valence-electron chi connectivity index (χ4n) is 1.67. The van der Waals surface area contributed by atoms with Gasteiger partial charge in [-0.2, -0.15) is 0 Å². The molecule has 2 aromatic carbocycles. The van der Waals surface area contributed by atoms with Gasteiger partial charge < -0.3 is 9.47 Å². The summed E-state index contributed by atoms with van der Waals surface area (Å²) in [4.78, 5) is 11.3. The van der Waals surface area contributed by atoms with Crippen LogP contribution in [-0.2, 0) is 4.74 Å². The van der Waals surface area contributed by atoms with E-state index in [9.17, 15) is 18.0 Å². The maximum absolute atomic E-state index is 12.1. The van der Waals surface area contributed by atoms with E-state index >= 15 is 0 Å². The van der Waals surface area contributed by atoms with E-state index in [4.69, 9.17) is 0 Å². The molecule has 2 rings (SSSR count). The van der Waals surface area contributed by atoms with Crippen molar-refractivity contribution in [2.75, 3.05) is 7.11 Å². The Hall–Kier alpha value is -2.24. The second-order valence-corrected chi connectivity index (χ2v) is 3.76. The van der Waals surface area contributed by atoms with Gasteiger partial charge in [0.2, 0.25) is 0 Å². The first-order valence-corrected chi connectivity index (χ1v) is 5.27. The third-order valence-corrected chi connectivity index (χ3v) is 2.47. The maximum atomic E-state index is 12.1. The number of benzene rings is 2. The van der Waals surface area contributed by atoms with Crippen LogP contribution in [0.15, 0.2) is 36.4 Å². The molecule has 19 heavy (non-hydrogen) atoms. The monoisotopic (exact) mass is 270 g/mol. The van der Waals surface area contributed by atoms with Crippen molar-refractivity contribution in [1.29, 1.82) is 0 Å². The molecule has 2 aromatic rings. The Morgan fingerprint density at radius 1 is 1.05 bits per heavy atom. The van der Waals surface area contributed by atoms with Crippen molar-refractivity contribution < 1.29 is 27.4 Å². The minimum absolute atomic E-state index is 0.300. The number of methoxy groups -OCH3 is 1. The number of ether oxygens (including phenoxy) is 2.